The molecule has 1 atom stereocenters. The molecule has 100 valence electrons. The van der Waals surface area contributed by atoms with Gasteiger partial charge in [-0.3, -0.25) is 4.98 Å². The number of pyridine rings is 1. The van der Waals surface area contributed by atoms with E-state index in [4.69, 9.17) is 4.74 Å². The van der Waals surface area contributed by atoms with E-state index in [0.717, 1.165) is 31.6 Å². The second kappa shape index (κ2) is 5.57. The summed E-state index contributed by atoms with van der Waals surface area (Å²) in [5, 5.41) is 4.89. The summed E-state index contributed by atoms with van der Waals surface area (Å²) in [5.74, 6) is 0. The third kappa shape index (κ3) is 2.71. The van der Waals surface area contributed by atoms with Gasteiger partial charge in [-0.15, -0.1) is 0 Å². The minimum atomic E-state index is 0.508. The predicted octanol–water partition coefficient (Wildman–Crippen LogP) is 3.52. The highest BCUT2D eigenvalue weighted by Crippen LogP contribution is 2.26. The van der Waals surface area contributed by atoms with Crippen molar-refractivity contribution in [1.29, 1.82) is 0 Å². The van der Waals surface area contributed by atoms with Crippen molar-refractivity contribution in [1.82, 2.24) is 4.98 Å². The predicted molar refractivity (Wildman–Crippen MR) is 78.6 cm³/mol. The Hall–Kier alpha value is -1.61. The molecule has 0 bridgehead atoms. The molecule has 1 aliphatic heterocycles. The number of anilines is 1. The summed E-state index contributed by atoms with van der Waals surface area (Å²) in [7, 11) is 0. The average molecular weight is 256 g/mol. The molecule has 0 amide bonds. The summed E-state index contributed by atoms with van der Waals surface area (Å²) in [5.41, 5.74) is 3.52. The fourth-order valence-corrected chi connectivity index (χ4v) is 2.71. The Labute approximate surface area is 114 Å². The molecule has 1 fully saturated rings. The molecule has 0 radical (unpaired) electrons. The van der Waals surface area contributed by atoms with Crippen LogP contribution in [0.15, 0.2) is 30.5 Å². The van der Waals surface area contributed by atoms with Gasteiger partial charge in [0.1, 0.15) is 0 Å². The highest BCUT2D eigenvalue weighted by Gasteiger charge is 2.13. The number of nitrogens with zero attached hydrogens (tertiary/aromatic N) is 1. The van der Waals surface area contributed by atoms with E-state index in [0.29, 0.717) is 6.04 Å². The SMILES string of the molecule is Cc1ccc(NC2CCCOCC2)c2cccnc12. The van der Waals surface area contributed by atoms with Gasteiger partial charge in [0.25, 0.3) is 0 Å². The first kappa shape index (κ1) is 12.4. The fourth-order valence-electron chi connectivity index (χ4n) is 2.71. The molecule has 2 heterocycles. The Morgan fingerprint density at radius 2 is 2.16 bits per heavy atom. The van der Waals surface area contributed by atoms with Crippen molar-refractivity contribution >= 4 is 16.6 Å². The molecule has 0 saturated carbocycles. The summed E-state index contributed by atoms with van der Waals surface area (Å²) in [6.45, 7) is 3.87. The summed E-state index contributed by atoms with van der Waals surface area (Å²) < 4.78 is 5.52. The number of hydrogen-bond acceptors (Lipinski definition) is 3. The maximum atomic E-state index is 5.52. The standard InChI is InChI=1S/C16H20N2O/c1-12-6-7-15(14-5-2-9-17-16(12)14)18-13-4-3-10-19-11-8-13/h2,5-7,9,13,18H,3-4,8,10-11H2,1H3. The molecule has 1 aromatic carbocycles. The van der Waals surface area contributed by atoms with Crippen LogP contribution in [0.4, 0.5) is 5.69 Å². The van der Waals surface area contributed by atoms with E-state index in [-0.39, 0.29) is 0 Å². The number of hydrogen-bond donors (Lipinski definition) is 1. The number of fused-ring (bicyclic) bond motifs is 1. The molecule has 3 rings (SSSR count). The van der Waals surface area contributed by atoms with Gasteiger partial charge >= 0.3 is 0 Å². The Bertz CT molecular complexity index is 560. The molecule has 1 unspecified atom stereocenters. The zero-order valence-electron chi connectivity index (χ0n) is 11.4. The van der Waals surface area contributed by atoms with Crippen molar-refractivity contribution in [2.45, 2.75) is 32.2 Å². The summed E-state index contributed by atoms with van der Waals surface area (Å²) in [4.78, 5) is 4.49. The summed E-state index contributed by atoms with van der Waals surface area (Å²) in [6.07, 6.45) is 5.25. The van der Waals surface area contributed by atoms with E-state index in [1.807, 2.05) is 12.3 Å². The quantitative estimate of drug-likeness (QED) is 0.892. The number of benzene rings is 1. The average Bonchev–Trinajstić information content (AvgIpc) is 2.71. The maximum absolute atomic E-state index is 5.52. The summed E-state index contributed by atoms with van der Waals surface area (Å²) in [6, 6.07) is 8.97. The van der Waals surface area contributed by atoms with Crippen LogP contribution in [-0.2, 0) is 4.74 Å². The Morgan fingerprint density at radius 3 is 3.11 bits per heavy atom. The number of rotatable bonds is 2. The lowest BCUT2D eigenvalue weighted by Gasteiger charge is -2.19. The largest absolute Gasteiger partial charge is 0.382 e. The van der Waals surface area contributed by atoms with Crippen LogP contribution in [0.25, 0.3) is 10.9 Å². The van der Waals surface area contributed by atoms with Gasteiger partial charge in [0.2, 0.25) is 0 Å². The molecule has 1 aliphatic rings. The number of nitrogens with one attached hydrogen (secondary N) is 1. The molecule has 1 N–H and O–H groups in total. The van der Waals surface area contributed by atoms with Gasteiger partial charge in [-0.1, -0.05) is 6.07 Å². The Morgan fingerprint density at radius 1 is 1.21 bits per heavy atom. The van der Waals surface area contributed by atoms with Gasteiger partial charge in [-0.2, -0.15) is 0 Å². The lowest BCUT2D eigenvalue weighted by Crippen LogP contribution is -2.19. The molecule has 3 heteroatoms. The van der Waals surface area contributed by atoms with Crippen molar-refractivity contribution in [3.05, 3.63) is 36.0 Å². The van der Waals surface area contributed by atoms with Crippen LogP contribution in [0.1, 0.15) is 24.8 Å². The smallest absolute Gasteiger partial charge is 0.0751 e. The second-order valence-corrected chi connectivity index (χ2v) is 5.21. The first-order chi connectivity index (χ1) is 9.34. The number of aromatic nitrogens is 1. The van der Waals surface area contributed by atoms with Crippen molar-refractivity contribution in [3.63, 3.8) is 0 Å². The molecule has 0 aliphatic carbocycles. The van der Waals surface area contributed by atoms with Crippen molar-refractivity contribution in [3.8, 4) is 0 Å². The van der Waals surface area contributed by atoms with Crippen molar-refractivity contribution in [2.24, 2.45) is 0 Å². The van der Waals surface area contributed by atoms with E-state index in [1.54, 1.807) is 0 Å². The van der Waals surface area contributed by atoms with Crippen LogP contribution in [0.2, 0.25) is 0 Å². The van der Waals surface area contributed by atoms with E-state index >= 15 is 0 Å². The highest BCUT2D eigenvalue weighted by molar-refractivity contribution is 5.93. The van der Waals surface area contributed by atoms with Gasteiger partial charge in [-0.25, -0.2) is 0 Å². The van der Waals surface area contributed by atoms with Crippen molar-refractivity contribution < 1.29 is 4.74 Å². The molecular formula is C16H20N2O. The minimum Gasteiger partial charge on any atom is -0.382 e. The number of aryl methyl sites for hydroxylation is 1. The lowest BCUT2D eigenvalue weighted by atomic mass is 10.1. The van der Waals surface area contributed by atoms with Crippen LogP contribution in [0.5, 0.6) is 0 Å². The third-order valence-corrected chi connectivity index (χ3v) is 3.78. The maximum Gasteiger partial charge on any atom is 0.0751 e. The number of ether oxygens (including phenoxy) is 1. The van der Waals surface area contributed by atoms with E-state index < -0.39 is 0 Å². The monoisotopic (exact) mass is 256 g/mol. The van der Waals surface area contributed by atoms with Gasteiger partial charge in [0.05, 0.1) is 5.52 Å². The van der Waals surface area contributed by atoms with E-state index in [2.05, 4.69) is 35.4 Å². The molecule has 0 spiro atoms. The fraction of sp³-hybridized carbons (Fsp3) is 0.438. The Kier molecular flexibility index (Phi) is 3.65. The molecular weight excluding hydrogens is 236 g/mol. The molecule has 1 saturated heterocycles. The van der Waals surface area contributed by atoms with Crippen LogP contribution in [0.3, 0.4) is 0 Å². The van der Waals surface area contributed by atoms with Crippen LogP contribution in [0, 0.1) is 6.92 Å². The van der Waals surface area contributed by atoms with Gasteiger partial charge in [0.15, 0.2) is 0 Å². The van der Waals surface area contributed by atoms with E-state index in [1.165, 1.54) is 23.1 Å². The topological polar surface area (TPSA) is 34.1 Å². The molecule has 1 aromatic heterocycles. The minimum absolute atomic E-state index is 0.508. The van der Waals surface area contributed by atoms with Crippen LogP contribution in [-0.4, -0.2) is 24.2 Å². The van der Waals surface area contributed by atoms with Gasteiger partial charge in [0, 0.05) is 36.5 Å². The lowest BCUT2D eigenvalue weighted by molar-refractivity contribution is 0.144. The first-order valence-electron chi connectivity index (χ1n) is 7.03. The van der Waals surface area contributed by atoms with Crippen LogP contribution < -0.4 is 5.32 Å². The normalized spacial score (nSPS) is 20.2. The Balaban J connectivity index is 1.90. The third-order valence-electron chi connectivity index (χ3n) is 3.78. The van der Waals surface area contributed by atoms with E-state index in [9.17, 15) is 0 Å². The van der Waals surface area contributed by atoms with Crippen molar-refractivity contribution in [2.75, 3.05) is 18.5 Å². The zero-order valence-corrected chi connectivity index (χ0v) is 11.4. The molecule has 2 aromatic rings. The highest BCUT2D eigenvalue weighted by atomic mass is 16.5. The second-order valence-electron chi connectivity index (χ2n) is 5.21. The molecule has 19 heavy (non-hydrogen) atoms. The zero-order chi connectivity index (χ0) is 13.1. The van der Waals surface area contributed by atoms with Crippen LogP contribution >= 0.6 is 0 Å². The van der Waals surface area contributed by atoms with Gasteiger partial charge in [-0.05, 0) is 49.9 Å². The first-order valence-corrected chi connectivity index (χ1v) is 7.03. The molecule has 3 nitrogen and oxygen atoms in total. The van der Waals surface area contributed by atoms with Gasteiger partial charge < -0.3 is 10.1 Å². The summed E-state index contributed by atoms with van der Waals surface area (Å²) >= 11 is 0.